The SMILES string of the molecule is COC(=O)c1cccc(NC(=O)[C@@H](C(C)C)N2C(=O)c3ccccc3C2=O)c1. The van der Waals surface area contributed by atoms with E-state index in [-0.39, 0.29) is 11.5 Å². The van der Waals surface area contributed by atoms with E-state index in [2.05, 4.69) is 10.1 Å². The Bertz CT molecular complexity index is 932. The van der Waals surface area contributed by atoms with Crippen molar-refractivity contribution in [3.05, 3.63) is 65.2 Å². The maximum atomic E-state index is 13.0. The molecule has 0 saturated heterocycles. The molecule has 0 aliphatic carbocycles. The van der Waals surface area contributed by atoms with Crippen molar-refractivity contribution in [1.29, 1.82) is 0 Å². The van der Waals surface area contributed by atoms with Gasteiger partial charge in [0.05, 0.1) is 23.8 Å². The molecule has 1 atom stereocenters. The van der Waals surface area contributed by atoms with Crippen LogP contribution in [0.1, 0.15) is 44.9 Å². The van der Waals surface area contributed by atoms with E-state index >= 15 is 0 Å². The number of amides is 3. The maximum Gasteiger partial charge on any atom is 0.337 e. The van der Waals surface area contributed by atoms with Crippen LogP contribution in [-0.2, 0) is 9.53 Å². The van der Waals surface area contributed by atoms with E-state index in [1.165, 1.54) is 13.2 Å². The van der Waals surface area contributed by atoms with Crippen molar-refractivity contribution < 1.29 is 23.9 Å². The number of fused-ring (bicyclic) bond motifs is 1. The quantitative estimate of drug-likeness (QED) is 0.636. The zero-order valence-electron chi connectivity index (χ0n) is 15.8. The van der Waals surface area contributed by atoms with Crippen molar-refractivity contribution in [2.24, 2.45) is 5.92 Å². The highest BCUT2D eigenvalue weighted by Gasteiger charge is 2.43. The number of anilines is 1. The summed E-state index contributed by atoms with van der Waals surface area (Å²) >= 11 is 0. The fraction of sp³-hybridized carbons (Fsp3) is 0.238. The molecule has 3 rings (SSSR count). The number of esters is 1. The third-order valence-corrected chi connectivity index (χ3v) is 4.55. The number of imide groups is 1. The van der Waals surface area contributed by atoms with Crippen LogP contribution in [0.5, 0.6) is 0 Å². The number of hydrogen-bond donors (Lipinski definition) is 1. The fourth-order valence-corrected chi connectivity index (χ4v) is 3.24. The third kappa shape index (κ3) is 3.38. The van der Waals surface area contributed by atoms with Crippen LogP contribution in [0.4, 0.5) is 5.69 Å². The van der Waals surface area contributed by atoms with Crippen molar-refractivity contribution in [1.82, 2.24) is 4.90 Å². The number of nitrogens with zero attached hydrogens (tertiary/aromatic N) is 1. The van der Waals surface area contributed by atoms with Crippen molar-refractivity contribution >= 4 is 29.4 Å². The highest BCUT2D eigenvalue weighted by Crippen LogP contribution is 2.28. The number of hydrogen-bond acceptors (Lipinski definition) is 5. The van der Waals surface area contributed by atoms with Crippen LogP contribution < -0.4 is 5.32 Å². The summed E-state index contributed by atoms with van der Waals surface area (Å²) in [6, 6.07) is 11.8. The van der Waals surface area contributed by atoms with Gasteiger partial charge in [-0.05, 0) is 36.2 Å². The van der Waals surface area contributed by atoms with Crippen LogP contribution in [0.3, 0.4) is 0 Å². The summed E-state index contributed by atoms with van der Waals surface area (Å²) < 4.78 is 4.68. The van der Waals surface area contributed by atoms with E-state index in [0.29, 0.717) is 16.8 Å². The van der Waals surface area contributed by atoms with Gasteiger partial charge in [0, 0.05) is 5.69 Å². The van der Waals surface area contributed by atoms with Crippen LogP contribution in [0.25, 0.3) is 0 Å². The average Bonchev–Trinajstić information content (AvgIpc) is 2.93. The molecule has 7 heteroatoms. The molecule has 0 unspecified atom stereocenters. The average molecular weight is 380 g/mol. The Labute approximate surface area is 162 Å². The topological polar surface area (TPSA) is 92.8 Å². The van der Waals surface area contributed by atoms with E-state index in [0.717, 1.165) is 4.90 Å². The summed E-state index contributed by atoms with van der Waals surface area (Å²) in [6.07, 6.45) is 0. The minimum atomic E-state index is -0.991. The molecule has 0 radical (unpaired) electrons. The lowest BCUT2D eigenvalue weighted by molar-refractivity contribution is -0.121. The van der Waals surface area contributed by atoms with Crippen molar-refractivity contribution in [2.75, 3.05) is 12.4 Å². The summed E-state index contributed by atoms with van der Waals surface area (Å²) in [4.78, 5) is 51.2. The number of carbonyl (C=O) groups is 4. The normalized spacial score (nSPS) is 14.1. The number of nitrogens with one attached hydrogen (secondary N) is 1. The molecule has 0 spiro atoms. The third-order valence-electron chi connectivity index (χ3n) is 4.55. The van der Waals surface area contributed by atoms with Crippen LogP contribution in [-0.4, -0.2) is 41.7 Å². The molecule has 28 heavy (non-hydrogen) atoms. The molecule has 0 saturated carbocycles. The number of ether oxygens (including phenoxy) is 1. The summed E-state index contributed by atoms with van der Waals surface area (Å²) in [6.45, 7) is 3.53. The van der Waals surface area contributed by atoms with Crippen molar-refractivity contribution in [3.63, 3.8) is 0 Å². The van der Waals surface area contributed by atoms with Gasteiger partial charge in [0.25, 0.3) is 11.8 Å². The molecule has 1 aliphatic heterocycles. The smallest absolute Gasteiger partial charge is 0.337 e. The van der Waals surface area contributed by atoms with Gasteiger partial charge in [0.2, 0.25) is 5.91 Å². The number of benzene rings is 2. The Morgan fingerprint density at radius 2 is 1.57 bits per heavy atom. The molecule has 7 nitrogen and oxygen atoms in total. The first-order chi connectivity index (χ1) is 13.3. The minimum Gasteiger partial charge on any atom is -0.465 e. The van der Waals surface area contributed by atoms with Gasteiger partial charge in [-0.15, -0.1) is 0 Å². The van der Waals surface area contributed by atoms with E-state index in [9.17, 15) is 19.2 Å². The molecule has 1 heterocycles. The molecule has 0 bridgehead atoms. The van der Waals surface area contributed by atoms with E-state index in [4.69, 9.17) is 0 Å². The van der Waals surface area contributed by atoms with Gasteiger partial charge < -0.3 is 10.1 Å². The van der Waals surface area contributed by atoms with Crippen molar-refractivity contribution in [3.8, 4) is 0 Å². The lowest BCUT2D eigenvalue weighted by atomic mass is 10.0. The lowest BCUT2D eigenvalue weighted by Gasteiger charge is -2.28. The Balaban J connectivity index is 1.88. The largest absolute Gasteiger partial charge is 0.465 e. The molecular weight excluding hydrogens is 360 g/mol. The second-order valence-corrected chi connectivity index (χ2v) is 6.78. The highest BCUT2D eigenvalue weighted by atomic mass is 16.5. The van der Waals surface area contributed by atoms with E-state index in [1.54, 1.807) is 56.3 Å². The molecule has 3 amide bonds. The van der Waals surface area contributed by atoms with Gasteiger partial charge in [-0.1, -0.05) is 32.0 Å². The first-order valence-corrected chi connectivity index (χ1v) is 8.81. The highest BCUT2D eigenvalue weighted by molar-refractivity contribution is 6.23. The van der Waals surface area contributed by atoms with E-state index < -0.39 is 29.7 Å². The van der Waals surface area contributed by atoms with Crippen LogP contribution in [0, 0.1) is 5.92 Å². The van der Waals surface area contributed by atoms with Crippen molar-refractivity contribution in [2.45, 2.75) is 19.9 Å². The summed E-state index contributed by atoms with van der Waals surface area (Å²) in [5.41, 5.74) is 1.23. The summed E-state index contributed by atoms with van der Waals surface area (Å²) in [5, 5.41) is 2.69. The molecule has 2 aromatic rings. The minimum absolute atomic E-state index is 0.280. The molecule has 144 valence electrons. The fourth-order valence-electron chi connectivity index (χ4n) is 3.24. The lowest BCUT2D eigenvalue weighted by Crippen LogP contribution is -2.50. The second kappa shape index (κ2) is 7.64. The standard InChI is InChI=1S/C21H20N2O5/c1-12(2)17(23-19(25)15-9-4-5-10-16(15)20(23)26)18(24)22-14-8-6-7-13(11-14)21(27)28-3/h4-12,17H,1-3H3,(H,22,24)/t17-/m1/s1. The first-order valence-electron chi connectivity index (χ1n) is 8.81. The monoisotopic (exact) mass is 380 g/mol. The zero-order chi connectivity index (χ0) is 20.4. The predicted molar refractivity (Wildman–Crippen MR) is 102 cm³/mol. The maximum absolute atomic E-state index is 13.0. The molecule has 2 aromatic carbocycles. The molecule has 0 fully saturated rings. The molecule has 0 aromatic heterocycles. The molecular formula is C21H20N2O5. The second-order valence-electron chi connectivity index (χ2n) is 6.78. The van der Waals surface area contributed by atoms with Gasteiger partial charge in [0.1, 0.15) is 6.04 Å². The Kier molecular flexibility index (Phi) is 5.26. The summed E-state index contributed by atoms with van der Waals surface area (Å²) in [5.74, 6) is -2.33. The molecule has 1 N–H and O–H groups in total. The number of rotatable bonds is 5. The number of carbonyl (C=O) groups excluding carboxylic acids is 4. The number of methoxy groups -OCH3 is 1. The van der Waals surface area contributed by atoms with Gasteiger partial charge in [-0.2, -0.15) is 0 Å². The van der Waals surface area contributed by atoms with E-state index in [1.807, 2.05) is 0 Å². The summed E-state index contributed by atoms with van der Waals surface area (Å²) in [7, 11) is 1.27. The Morgan fingerprint density at radius 1 is 0.964 bits per heavy atom. The van der Waals surface area contributed by atoms with Crippen LogP contribution in [0.15, 0.2) is 48.5 Å². The van der Waals surface area contributed by atoms with Crippen LogP contribution in [0.2, 0.25) is 0 Å². The predicted octanol–water partition coefficient (Wildman–Crippen LogP) is 2.73. The van der Waals surface area contributed by atoms with Gasteiger partial charge >= 0.3 is 5.97 Å². The van der Waals surface area contributed by atoms with Gasteiger partial charge in [0.15, 0.2) is 0 Å². The molecule has 1 aliphatic rings. The first kappa shape index (κ1) is 19.3. The Hall–Kier alpha value is -3.48. The zero-order valence-corrected chi connectivity index (χ0v) is 15.8. The van der Waals surface area contributed by atoms with Crippen LogP contribution >= 0.6 is 0 Å². The van der Waals surface area contributed by atoms with Gasteiger partial charge in [-0.25, -0.2) is 4.79 Å². The van der Waals surface area contributed by atoms with Gasteiger partial charge in [-0.3, -0.25) is 19.3 Å². The Morgan fingerprint density at radius 3 is 2.11 bits per heavy atom.